The molecule has 0 amide bonds. The maximum absolute atomic E-state index is 4.63. The fourth-order valence-electron chi connectivity index (χ4n) is 3.43. The van der Waals surface area contributed by atoms with Crippen molar-refractivity contribution in [3.63, 3.8) is 0 Å². The van der Waals surface area contributed by atoms with Gasteiger partial charge in [0.15, 0.2) is 11.8 Å². The van der Waals surface area contributed by atoms with Crippen LogP contribution in [0.5, 0.6) is 0 Å². The van der Waals surface area contributed by atoms with E-state index in [1.165, 1.54) is 5.52 Å². The molecular weight excluding hydrogens is 376 g/mol. The third-order valence-corrected chi connectivity index (χ3v) is 4.93. The number of imidazole rings is 1. The van der Waals surface area contributed by atoms with Crippen molar-refractivity contribution in [2.45, 2.75) is 26.4 Å². The molecule has 0 fully saturated rings. The zero-order valence-electron chi connectivity index (χ0n) is 17.3. The molecule has 0 saturated carbocycles. The summed E-state index contributed by atoms with van der Waals surface area (Å²) in [7, 11) is 1.78. The number of rotatable bonds is 7. The Kier molecular flexibility index (Phi) is 6.03. The van der Waals surface area contributed by atoms with E-state index in [1.807, 2.05) is 30.5 Å². The molecule has 2 N–H and O–H groups in total. The fourth-order valence-corrected chi connectivity index (χ4v) is 3.43. The standard InChI is InChI=1S/C22H26N8/c1-17-28-19-7-3-4-8-20(19)29(17)13-5-10-25-22(23-2)26-16-18-9-12-24-21(15-18)30-14-6-11-27-30/h3-4,6-9,11-12,14-15H,5,10,13,16H2,1-2H3,(H2,23,25,26). The van der Waals surface area contributed by atoms with Gasteiger partial charge in [-0.15, -0.1) is 0 Å². The van der Waals surface area contributed by atoms with Gasteiger partial charge in [-0.2, -0.15) is 5.10 Å². The molecule has 4 rings (SSSR count). The topological polar surface area (TPSA) is 85.0 Å². The molecule has 1 aromatic carbocycles. The lowest BCUT2D eigenvalue weighted by atomic mass is 10.2. The van der Waals surface area contributed by atoms with Crippen LogP contribution in [0.3, 0.4) is 0 Å². The summed E-state index contributed by atoms with van der Waals surface area (Å²) >= 11 is 0. The van der Waals surface area contributed by atoms with Gasteiger partial charge >= 0.3 is 0 Å². The smallest absolute Gasteiger partial charge is 0.191 e. The van der Waals surface area contributed by atoms with E-state index in [-0.39, 0.29) is 0 Å². The summed E-state index contributed by atoms with van der Waals surface area (Å²) in [6.45, 7) is 4.44. The lowest BCUT2D eigenvalue weighted by molar-refractivity contribution is 0.624. The first-order valence-corrected chi connectivity index (χ1v) is 10.1. The van der Waals surface area contributed by atoms with Crippen LogP contribution in [0.4, 0.5) is 0 Å². The second kappa shape index (κ2) is 9.21. The lowest BCUT2D eigenvalue weighted by Gasteiger charge is -2.13. The van der Waals surface area contributed by atoms with Crippen LogP contribution in [-0.2, 0) is 13.1 Å². The number of nitrogens with one attached hydrogen (secondary N) is 2. The van der Waals surface area contributed by atoms with Gasteiger partial charge in [-0.1, -0.05) is 12.1 Å². The maximum atomic E-state index is 4.63. The van der Waals surface area contributed by atoms with Crippen LogP contribution in [0, 0.1) is 6.92 Å². The number of nitrogens with zero attached hydrogens (tertiary/aromatic N) is 6. The van der Waals surface area contributed by atoms with Gasteiger partial charge in [-0.3, -0.25) is 4.99 Å². The van der Waals surface area contributed by atoms with Crippen LogP contribution in [0.15, 0.2) is 66.0 Å². The Balaban J connectivity index is 1.27. The number of hydrogen-bond donors (Lipinski definition) is 2. The van der Waals surface area contributed by atoms with Crippen molar-refractivity contribution < 1.29 is 0 Å². The third kappa shape index (κ3) is 4.48. The zero-order valence-corrected chi connectivity index (χ0v) is 17.3. The highest BCUT2D eigenvalue weighted by atomic mass is 15.3. The van der Waals surface area contributed by atoms with Crippen molar-refractivity contribution in [3.05, 3.63) is 72.4 Å². The van der Waals surface area contributed by atoms with Gasteiger partial charge in [0.2, 0.25) is 0 Å². The van der Waals surface area contributed by atoms with E-state index < -0.39 is 0 Å². The second-order valence-electron chi connectivity index (χ2n) is 6.98. The van der Waals surface area contributed by atoms with E-state index in [9.17, 15) is 0 Å². The summed E-state index contributed by atoms with van der Waals surface area (Å²) < 4.78 is 4.01. The quantitative estimate of drug-likeness (QED) is 0.282. The van der Waals surface area contributed by atoms with Crippen LogP contribution in [0.1, 0.15) is 17.8 Å². The molecule has 0 atom stereocenters. The van der Waals surface area contributed by atoms with Crippen molar-refractivity contribution in [1.29, 1.82) is 0 Å². The van der Waals surface area contributed by atoms with Crippen molar-refractivity contribution in [2.24, 2.45) is 4.99 Å². The number of fused-ring (bicyclic) bond motifs is 1. The number of guanidine groups is 1. The number of aryl methyl sites for hydroxylation is 2. The molecule has 3 aromatic heterocycles. The minimum absolute atomic E-state index is 0.654. The summed E-state index contributed by atoms with van der Waals surface area (Å²) in [5, 5.41) is 11.0. The van der Waals surface area contributed by atoms with E-state index in [2.05, 4.69) is 60.4 Å². The highest BCUT2D eigenvalue weighted by molar-refractivity contribution is 5.79. The second-order valence-corrected chi connectivity index (χ2v) is 6.98. The van der Waals surface area contributed by atoms with Crippen molar-refractivity contribution in [1.82, 2.24) is 34.9 Å². The Bertz CT molecular complexity index is 1130. The third-order valence-electron chi connectivity index (χ3n) is 4.93. The first-order chi connectivity index (χ1) is 14.7. The van der Waals surface area contributed by atoms with Crippen molar-refractivity contribution in [3.8, 4) is 5.82 Å². The molecule has 0 bridgehead atoms. The molecular formula is C22H26N8. The largest absolute Gasteiger partial charge is 0.356 e. The molecule has 30 heavy (non-hydrogen) atoms. The number of benzene rings is 1. The molecule has 0 aliphatic heterocycles. The average Bonchev–Trinajstić information content (AvgIpc) is 3.41. The molecule has 0 aliphatic rings. The monoisotopic (exact) mass is 402 g/mol. The number of hydrogen-bond acceptors (Lipinski definition) is 4. The minimum Gasteiger partial charge on any atom is -0.356 e. The molecule has 0 spiro atoms. The molecule has 154 valence electrons. The van der Waals surface area contributed by atoms with E-state index in [0.29, 0.717) is 6.54 Å². The van der Waals surface area contributed by atoms with Gasteiger partial charge in [0.05, 0.1) is 11.0 Å². The summed E-state index contributed by atoms with van der Waals surface area (Å²) in [5.74, 6) is 2.62. The summed E-state index contributed by atoms with van der Waals surface area (Å²) in [6, 6.07) is 14.1. The molecule has 0 aliphatic carbocycles. The number of aromatic nitrogens is 5. The Labute approximate surface area is 175 Å². The fraction of sp³-hybridized carbons (Fsp3) is 0.273. The van der Waals surface area contributed by atoms with Gasteiger partial charge in [0.25, 0.3) is 0 Å². The predicted octanol–water partition coefficient (Wildman–Crippen LogP) is 2.68. The van der Waals surface area contributed by atoms with E-state index >= 15 is 0 Å². The first kappa shape index (κ1) is 19.6. The Hall–Kier alpha value is -3.68. The maximum Gasteiger partial charge on any atom is 0.191 e. The Morgan fingerprint density at radius 1 is 1.10 bits per heavy atom. The van der Waals surface area contributed by atoms with Crippen LogP contribution >= 0.6 is 0 Å². The van der Waals surface area contributed by atoms with Crippen molar-refractivity contribution >= 4 is 17.0 Å². The van der Waals surface area contributed by atoms with Crippen LogP contribution in [0.25, 0.3) is 16.9 Å². The molecule has 4 aromatic rings. The molecule has 0 unspecified atom stereocenters. The molecule has 3 heterocycles. The Morgan fingerprint density at radius 2 is 2.00 bits per heavy atom. The Morgan fingerprint density at radius 3 is 2.83 bits per heavy atom. The predicted molar refractivity (Wildman–Crippen MR) is 119 cm³/mol. The zero-order chi connectivity index (χ0) is 20.8. The van der Waals surface area contributed by atoms with Crippen LogP contribution in [0.2, 0.25) is 0 Å². The first-order valence-electron chi connectivity index (χ1n) is 10.1. The van der Waals surface area contributed by atoms with E-state index in [4.69, 9.17) is 0 Å². The highest BCUT2D eigenvalue weighted by Gasteiger charge is 2.06. The summed E-state index contributed by atoms with van der Waals surface area (Å²) in [6.07, 6.45) is 6.39. The van der Waals surface area contributed by atoms with Crippen molar-refractivity contribution in [2.75, 3.05) is 13.6 Å². The molecule has 0 saturated heterocycles. The van der Waals surface area contributed by atoms with Crippen LogP contribution < -0.4 is 10.6 Å². The van der Waals surface area contributed by atoms with Crippen LogP contribution in [-0.4, -0.2) is 43.9 Å². The normalized spacial score (nSPS) is 11.7. The molecule has 0 radical (unpaired) electrons. The summed E-state index contributed by atoms with van der Waals surface area (Å²) in [4.78, 5) is 13.3. The van der Waals surface area contributed by atoms with Gasteiger partial charge in [0.1, 0.15) is 5.82 Å². The van der Waals surface area contributed by atoms with Gasteiger partial charge in [-0.05, 0) is 49.2 Å². The number of para-hydroxylation sites is 2. The van der Waals surface area contributed by atoms with E-state index in [0.717, 1.165) is 48.2 Å². The minimum atomic E-state index is 0.654. The number of aliphatic imine (C=N–C) groups is 1. The highest BCUT2D eigenvalue weighted by Crippen LogP contribution is 2.15. The summed E-state index contributed by atoms with van der Waals surface area (Å²) in [5.41, 5.74) is 3.34. The lowest BCUT2D eigenvalue weighted by Crippen LogP contribution is -2.37. The van der Waals surface area contributed by atoms with E-state index in [1.54, 1.807) is 24.1 Å². The SMILES string of the molecule is CN=C(NCCCn1c(C)nc2ccccc21)NCc1ccnc(-n2cccn2)c1. The number of pyridine rings is 1. The van der Waals surface area contributed by atoms with Gasteiger partial charge in [-0.25, -0.2) is 14.6 Å². The average molecular weight is 403 g/mol. The van der Waals surface area contributed by atoms with Gasteiger partial charge < -0.3 is 15.2 Å². The molecule has 8 nitrogen and oxygen atoms in total. The molecule has 8 heteroatoms. The van der Waals surface area contributed by atoms with Gasteiger partial charge in [0, 0.05) is 45.3 Å².